The molecule has 0 saturated carbocycles. The van der Waals surface area contributed by atoms with Crippen molar-refractivity contribution in [1.29, 1.82) is 0 Å². The van der Waals surface area contributed by atoms with Gasteiger partial charge in [0.25, 0.3) is 0 Å². The summed E-state index contributed by atoms with van der Waals surface area (Å²) in [5, 5.41) is 13.9. The zero-order valence-electron chi connectivity index (χ0n) is 9.37. The van der Waals surface area contributed by atoms with Crippen molar-refractivity contribution >= 4 is 0 Å². The van der Waals surface area contributed by atoms with Crippen LogP contribution in [0.2, 0.25) is 0 Å². The predicted molar refractivity (Wildman–Crippen MR) is 64.9 cm³/mol. The molecule has 1 aliphatic rings. The van der Waals surface area contributed by atoms with E-state index in [2.05, 4.69) is 28.5 Å². The topological polar surface area (TPSA) is 47.2 Å². The first-order valence-corrected chi connectivity index (χ1v) is 5.74. The largest absolute Gasteiger partial charge is 0.493 e. The second-order valence-corrected chi connectivity index (χ2v) is 4.21. The lowest BCUT2D eigenvalue weighted by Crippen LogP contribution is -2.24. The van der Waals surface area contributed by atoms with Gasteiger partial charge in [0.05, 0.1) is 6.04 Å². The number of rotatable bonds is 1. The van der Waals surface area contributed by atoms with Crippen molar-refractivity contribution in [3.63, 3.8) is 0 Å². The van der Waals surface area contributed by atoms with Crippen LogP contribution in [-0.2, 0) is 6.42 Å². The molecule has 0 bridgehead atoms. The summed E-state index contributed by atoms with van der Waals surface area (Å²) in [5.74, 6) is 0.0536. The van der Waals surface area contributed by atoms with Gasteiger partial charge in [-0.1, -0.05) is 30.3 Å². The second-order valence-electron chi connectivity index (χ2n) is 4.21. The number of fused-ring (bicyclic) bond motifs is 1. The Morgan fingerprint density at radius 3 is 2.82 bits per heavy atom. The summed E-state index contributed by atoms with van der Waals surface area (Å²) < 4.78 is 0. The number of hydrogen-bond acceptors (Lipinski definition) is 2. The van der Waals surface area contributed by atoms with Gasteiger partial charge >= 0.3 is 0 Å². The summed E-state index contributed by atoms with van der Waals surface area (Å²) in [6.45, 7) is 0.850. The minimum Gasteiger partial charge on any atom is -0.493 e. The van der Waals surface area contributed by atoms with Gasteiger partial charge in [0.15, 0.2) is 0 Å². The van der Waals surface area contributed by atoms with Gasteiger partial charge in [-0.15, -0.1) is 0 Å². The molecule has 0 fully saturated rings. The average molecular weight is 225 g/mol. The first-order valence-electron chi connectivity index (χ1n) is 5.74. The first-order chi connectivity index (χ1) is 8.34. The van der Waals surface area contributed by atoms with Crippen LogP contribution in [-0.4, -0.2) is 16.6 Å². The van der Waals surface area contributed by atoms with Crippen molar-refractivity contribution in [3.8, 4) is 5.88 Å². The molecule has 0 spiro atoms. The minimum atomic E-state index is 0.0536. The summed E-state index contributed by atoms with van der Waals surface area (Å²) in [6.07, 6.45) is 2.71. The van der Waals surface area contributed by atoms with Gasteiger partial charge < -0.3 is 5.11 Å². The smallest absolute Gasteiger partial charge is 0.210 e. The lowest BCUT2D eigenvalue weighted by Gasteiger charge is -2.25. The molecule has 85 valence electrons. The number of benzene rings is 1. The fraction of sp³-hybridized carbons (Fsp3) is 0.214. The first kappa shape index (κ1) is 10.3. The molecule has 1 aromatic carbocycles. The van der Waals surface area contributed by atoms with E-state index in [-0.39, 0.29) is 11.9 Å². The number of nitrogens with zero attached hydrogens (tertiary/aromatic N) is 2. The molecule has 1 aliphatic heterocycles. The molecule has 3 nitrogen and oxygen atoms in total. The lowest BCUT2D eigenvalue weighted by molar-refractivity contribution is 0.452. The fourth-order valence-corrected chi connectivity index (χ4v) is 2.29. The molecule has 17 heavy (non-hydrogen) atoms. The van der Waals surface area contributed by atoms with Crippen LogP contribution in [0.1, 0.15) is 22.7 Å². The lowest BCUT2D eigenvalue weighted by atomic mass is 9.91. The summed E-state index contributed by atoms with van der Waals surface area (Å²) in [5.41, 5.74) is 3.65. The number of hydrogen-bond donors (Lipinski definition) is 1. The molecule has 3 heteroatoms. The van der Waals surface area contributed by atoms with Gasteiger partial charge in [0, 0.05) is 18.8 Å². The third-order valence-electron chi connectivity index (χ3n) is 3.13. The molecule has 0 aliphatic carbocycles. The van der Waals surface area contributed by atoms with E-state index in [9.17, 15) is 5.11 Å². The van der Waals surface area contributed by atoms with Crippen LogP contribution in [0, 0.1) is 0 Å². The summed E-state index contributed by atoms with van der Waals surface area (Å²) in [6, 6.07) is 11.9. The zero-order chi connectivity index (χ0) is 11.7. The highest BCUT2D eigenvalue weighted by molar-refractivity contribution is 5.39. The zero-order valence-corrected chi connectivity index (χ0v) is 9.37. The Morgan fingerprint density at radius 2 is 2.00 bits per heavy atom. The molecular weight excluding hydrogens is 212 g/mol. The van der Waals surface area contributed by atoms with E-state index < -0.39 is 0 Å². The van der Waals surface area contributed by atoms with Crippen LogP contribution in [0.15, 0.2) is 42.6 Å². The van der Waals surface area contributed by atoms with E-state index in [1.165, 1.54) is 11.1 Å². The Morgan fingerprint density at radius 1 is 1.12 bits per heavy atom. The van der Waals surface area contributed by atoms with Crippen LogP contribution in [0.25, 0.3) is 0 Å². The average Bonchev–Trinajstić information content (AvgIpc) is 2.39. The van der Waals surface area contributed by atoms with Gasteiger partial charge in [0.2, 0.25) is 5.88 Å². The van der Waals surface area contributed by atoms with E-state index in [4.69, 9.17) is 0 Å². The predicted octanol–water partition coefficient (Wildman–Crippen LogP) is 2.04. The second kappa shape index (κ2) is 4.18. The Labute approximate surface area is 100 Å². The quantitative estimate of drug-likeness (QED) is 0.807. The molecule has 1 N–H and O–H groups in total. The van der Waals surface area contributed by atoms with Gasteiger partial charge in [-0.05, 0) is 23.1 Å². The summed E-state index contributed by atoms with van der Waals surface area (Å²) in [7, 11) is 0. The molecule has 2 heterocycles. The van der Waals surface area contributed by atoms with Crippen LogP contribution < -0.4 is 5.32 Å². The SMILES string of the molecule is Oc1ccc(C2[N]CCc3ccccc32)cn1. The third kappa shape index (κ3) is 1.89. The monoisotopic (exact) mass is 225 g/mol. The van der Waals surface area contributed by atoms with E-state index in [0.717, 1.165) is 18.5 Å². The van der Waals surface area contributed by atoms with Crippen LogP contribution in [0.3, 0.4) is 0 Å². The molecule has 0 saturated heterocycles. The highest BCUT2D eigenvalue weighted by Gasteiger charge is 2.21. The van der Waals surface area contributed by atoms with Crippen molar-refractivity contribution in [3.05, 3.63) is 59.3 Å². The number of aromatic hydroxyl groups is 1. The maximum atomic E-state index is 9.21. The summed E-state index contributed by atoms with van der Waals surface area (Å²) >= 11 is 0. The normalized spacial score (nSPS) is 18.7. The molecule has 1 radical (unpaired) electrons. The summed E-state index contributed by atoms with van der Waals surface area (Å²) in [4.78, 5) is 3.92. The van der Waals surface area contributed by atoms with Gasteiger partial charge in [-0.25, -0.2) is 10.3 Å². The molecule has 2 aromatic rings. The highest BCUT2D eigenvalue weighted by Crippen LogP contribution is 2.29. The molecule has 0 amide bonds. The molecule has 1 unspecified atom stereocenters. The maximum Gasteiger partial charge on any atom is 0.210 e. The van der Waals surface area contributed by atoms with E-state index in [0.29, 0.717) is 0 Å². The molecule has 1 atom stereocenters. The van der Waals surface area contributed by atoms with Gasteiger partial charge in [-0.3, -0.25) is 0 Å². The highest BCUT2D eigenvalue weighted by atomic mass is 16.3. The van der Waals surface area contributed by atoms with E-state index in [1.54, 1.807) is 12.3 Å². The van der Waals surface area contributed by atoms with Crippen LogP contribution >= 0.6 is 0 Å². The van der Waals surface area contributed by atoms with Crippen molar-refractivity contribution < 1.29 is 5.11 Å². The van der Waals surface area contributed by atoms with E-state index >= 15 is 0 Å². The van der Waals surface area contributed by atoms with Crippen molar-refractivity contribution in [2.45, 2.75) is 12.5 Å². The van der Waals surface area contributed by atoms with Crippen LogP contribution in [0.4, 0.5) is 0 Å². The Bertz CT molecular complexity index is 522. The minimum absolute atomic E-state index is 0.0536. The van der Waals surface area contributed by atoms with Gasteiger partial charge in [-0.2, -0.15) is 0 Å². The van der Waals surface area contributed by atoms with Crippen molar-refractivity contribution in [1.82, 2.24) is 10.3 Å². The standard InChI is InChI=1S/C14H13N2O/c17-13-6-5-11(9-16-13)14-12-4-2-1-3-10(12)7-8-15-14/h1-6,9,14H,7-8H2,(H,16,17). The maximum absolute atomic E-state index is 9.21. The third-order valence-corrected chi connectivity index (χ3v) is 3.13. The van der Waals surface area contributed by atoms with Crippen molar-refractivity contribution in [2.75, 3.05) is 6.54 Å². The molecule has 3 rings (SSSR count). The Kier molecular flexibility index (Phi) is 2.53. The molecule has 1 aromatic heterocycles. The number of aromatic nitrogens is 1. The van der Waals surface area contributed by atoms with Gasteiger partial charge in [0.1, 0.15) is 0 Å². The Hall–Kier alpha value is -1.87. The number of pyridine rings is 1. The van der Waals surface area contributed by atoms with Crippen molar-refractivity contribution in [2.24, 2.45) is 0 Å². The van der Waals surface area contributed by atoms with Crippen LogP contribution in [0.5, 0.6) is 5.88 Å². The fourth-order valence-electron chi connectivity index (χ4n) is 2.29. The van der Waals surface area contributed by atoms with E-state index in [1.807, 2.05) is 12.1 Å². The molecular formula is C14H13N2O. The Balaban J connectivity index is 2.03.